The molecule has 1 heterocycles. The Morgan fingerprint density at radius 3 is 2.67 bits per heavy atom. The van der Waals surface area contributed by atoms with Gasteiger partial charge in [-0.3, -0.25) is 4.79 Å². The Morgan fingerprint density at radius 1 is 1.13 bits per heavy atom. The van der Waals surface area contributed by atoms with Gasteiger partial charge < -0.3 is 14.6 Å². The van der Waals surface area contributed by atoms with Crippen LogP contribution in [0.25, 0.3) is 11.4 Å². The highest BCUT2D eigenvalue weighted by Crippen LogP contribution is 2.18. The van der Waals surface area contributed by atoms with Crippen LogP contribution in [0.2, 0.25) is 0 Å². The average Bonchev–Trinajstić information content (AvgIpc) is 3.22. The van der Waals surface area contributed by atoms with Crippen LogP contribution in [0, 0.1) is 6.92 Å². The van der Waals surface area contributed by atoms with E-state index in [2.05, 4.69) is 15.5 Å². The second kappa shape index (κ2) is 10.3. The Bertz CT molecular complexity index is 996. The van der Waals surface area contributed by atoms with Gasteiger partial charge in [-0.15, -0.1) is 0 Å². The molecule has 1 aromatic heterocycles. The van der Waals surface area contributed by atoms with Crippen LogP contribution in [0.3, 0.4) is 0 Å². The van der Waals surface area contributed by atoms with Crippen LogP contribution in [0.1, 0.15) is 48.0 Å². The van der Waals surface area contributed by atoms with E-state index >= 15 is 0 Å². The molecule has 30 heavy (non-hydrogen) atoms. The number of nitrogens with one attached hydrogen (secondary N) is 1. The normalized spacial score (nSPS) is 10.6. The van der Waals surface area contributed by atoms with Crippen molar-refractivity contribution < 1.29 is 18.8 Å². The lowest BCUT2D eigenvalue weighted by Gasteiger charge is -2.06. The Hall–Kier alpha value is -3.48. The number of ether oxygens (including phenoxy) is 1. The number of hydrogen-bond donors (Lipinski definition) is 1. The highest BCUT2D eigenvalue weighted by Gasteiger charge is 2.12. The van der Waals surface area contributed by atoms with Gasteiger partial charge in [0.05, 0.1) is 12.2 Å². The largest absolute Gasteiger partial charge is 0.462 e. The number of aromatic nitrogens is 2. The fourth-order valence-electron chi connectivity index (χ4n) is 2.78. The minimum atomic E-state index is -0.359. The number of aryl methyl sites for hydroxylation is 2. The van der Waals surface area contributed by atoms with Crippen LogP contribution < -0.4 is 5.32 Å². The summed E-state index contributed by atoms with van der Waals surface area (Å²) in [6, 6.07) is 14.4. The molecule has 3 rings (SSSR count). The minimum absolute atomic E-state index is 0.177. The lowest BCUT2D eigenvalue weighted by molar-refractivity contribution is -0.116. The van der Waals surface area contributed by atoms with E-state index in [0.29, 0.717) is 36.0 Å². The molecular weight excluding hydrogens is 382 g/mol. The van der Waals surface area contributed by atoms with Gasteiger partial charge >= 0.3 is 5.97 Å². The molecule has 0 unspecified atom stereocenters. The zero-order valence-electron chi connectivity index (χ0n) is 17.2. The quantitative estimate of drug-likeness (QED) is 0.412. The summed E-state index contributed by atoms with van der Waals surface area (Å²) >= 11 is 0. The van der Waals surface area contributed by atoms with Crippen molar-refractivity contribution in [1.82, 2.24) is 10.1 Å². The third-order valence-corrected chi connectivity index (χ3v) is 4.45. The van der Waals surface area contributed by atoms with Crippen molar-refractivity contribution in [3.05, 3.63) is 65.5 Å². The summed E-state index contributed by atoms with van der Waals surface area (Å²) in [5.74, 6) is 0.382. The summed E-state index contributed by atoms with van der Waals surface area (Å²) < 4.78 is 10.4. The van der Waals surface area contributed by atoms with E-state index in [9.17, 15) is 9.59 Å². The molecular formula is C23H25N3O4. The fraction of sp³-hybridized carbons (Fsp3) is 0.304. The Labute approximate surface area is 175 Å². The van der Waals surface area contributed by atoms with E-state index in [1.54, 1.807) is 24.3 Å². The van der Waals surface area contributed by atoms with Gasteiger partial charge in [0.15, 0.2) is 0 Å². The monoisotopic (exact) mass is 407 g/mol. The Morgan fingerprint density at radius 2 is 1.93 bits per heavy atom. The molecule has 0 spiro atoms. The van der Waals surface area contributed by atoms with Crippen LogP contribution >= 0.6 is 0 Å². The predicted octanol–water partition coefficient (Wildman–Crippen LogP) is 4.57. The molecule has 0 aliphatic rings. The van der Waals surface area contributed by atoms with E-state index in [-0.39, 0.29) is 18.3 Å². The molecule has 3 aromatic rings. The van der Waals surface area contributed by atoms with Crippen molar-refractivity contribution in [3.8, 4) is 11.4 Å². The smallest absolute Gasteiger partial charge is 0.338 e. The molecule has 7 heteroatoms. The molecule has 0 bridgehead atoms. The van der Waals surface area contributed by atoms with Gasteiger partial charge in [-0.05, 0) is 43.7 Å². The number of nitrogens with zero attached hydrogens (tertiary/aromatic N) is 2. The fourth-order valence-corrected chi connectivity index (χ4v) is 2.78. The first-order valence-corrected chi connectivity index (χ1v) is 10.0. The van der Waals surface area contributed by atoms with Crippen LogP contribution in [0.4, 0.5) is 5.69 Å². The van der Waals surface area contributed by atoms with Crippen LogP contribution in [-0.2, 0) is 16.0 Å². The van der Waals surface area contributed by atoms with E-state index in [1.807, 2.05) is 38.1 Å². The van der Waals surface area contributed by atoms with Crippen molar-refractivity contribution >= 4 is 17.6 Å². The van der Waals surface area contributed by atoms with E-state index < -0.39 is 0 Å². The van der Waals surface area contributed by atoms with Crippen LogP contribution in [0.15, 0.2) is 53.1 Å². The number of carbonyl (C=O) groups excluding carboxylic acids is 2. The number of hydrogen-bond acceptors (Lipinski definition) is 6. The van der Waals surface area contributed by atoms with Crippen LogP contribution in [0.5, 0.6) is 0 Å². The topological polar surface area (TPSA) is 94.3 Å². The third kappa shape index (κ3) is 6.01. The average molecular weight is 407 g/mol. The lowest BCUT2D eigenvalue weighted by Crippen LogP contribution is -2.13. The second-order valence-corrected chi connectivity index (χ2v) is 7.00. The number of anilines is 1. The summed E-state index contributed by atoms with van der Waals surface area (Å²) in [5, 5.41) is 6.78. The minimum Gasteiger partial charge on any atom is -0.462 e. The number of esters is 1. The molecule has 2 aromatic carbocycles. The van der Waals surface area contributed by atoms with Gasteiger partial charge in [0, 0.05) is 24.1 Å². The number of benzene rings is 2. The summed E-state index contributed by atoms with van der Waals surface area (Å²) in [6.45, 7) is 4.44. The molecule has 156 valence electrons. The van der Waals surface area contributed by atoms with Gasteiger partial charge in [0.1, 0.15) is 0 Å². The number of amides is 1. The van der Waals surface area contributed by atoms with Gasteiger partial charge in [-0.1, -0.05) is 42.3 Å². The maximum atomic E-state index is 12.2. The van der Waals surface area contributed by atoms with E-state index in [4.69, 9.17) is 9.26 Å². The van der Waals surface area contributed by atoms with Gasteiger partial charge in [0.2, 0.25) is 17.6 Å². The Kier molecular flexibility index (Phi) is 7.32. The molecule has 0 radical (unpaired) electrons. The predicted molar refractivity (Wildman–Crippen MR) is 113 cm³/mol. The van der Waals surface area contributed by atoms with Crippen molar-refractivity contribution in [3.63, 3.8) is 0 Å². The van der Waals surface area contributed by atoms with E-state index in [0.717, 1.165) is 24.0 Å². The van der Waals surface area contributed by atoms with Crippen molar-refractivity contribution in [2.45, 2.75) is 39.5 Å². The van der Waals surface area contributed by atoms with Crippen molar-refractivity contribution in [1.29, 1.82) is 0 Å². The SMILES string of the molecule is CCCCOC(=O)c1ccc(NC(=O)CCc2nc(-c3cccc(C)c3)no2)cc1. The maximum Gasteiger partial charge on any atom is 0.338 e. The zero-order chi connectivity index (χ0) is 21.3. The lowest BCUT2D eigenvalue weighted by atomic mass is 10.1. The molecule has 0 aliphatic heterocycles. The summed E-state index contributed by atoms with van der Waals surface area (Å²) in [4.78, 5) is 28.5. The first-order valence-electron chi connectivity index (χ1n) is 10.0. The third-order valence-electron chi connectivity index (χ3n) is 4.45. The van der Waals surface area contributed by atoms with Gasteiger partial charge in [-0.25, -0.2) is 4.79 Å². The molecule has 0 aliphatic carbocycles. The summed E-state index contributed by atoms with van der Waals surface area (Å²) in [7, 11) is 0. The highest BCUT2D eigenvalue weighted by molar-refractivity contribution is 5.93. The van der Waals surface area contributed by atoms with Crippen molar-refractivity contribution in [2.24, 2.45) is 0 Å². The van der Waals surface area contributed by atoms with Crippen LogP contribution in [-0.4, -0.2) is 28.6 Å². The summed E-state index contributed by atoms with van der Waals surface area (Å²) in [6.07, 6.45) is 2.35. The highest BCUT2D eigenvalue weighted by atomic mass is 16.5. The molecule has 7 nitrogen and oxygen atoms in total. The van der Waals surface area contributed by atoms with Gasteiger partial charge in [-0.2, -0.15) is 4.98 Å². The number of rotatable bonds is 9. The zero-order valence-corrected chi connectivity index (χ0v) is 17.2. The molecule has 0 saturated carbocycles. The molecule has 0 saturated heterocycles. The number of unbranched alkanes of at least 4 members (excludes halogenated alkanes) is 1. The standard InChI is InChI=1S/C23H25N3O4/c1-3-4-14-29-23(28)17-8-10-19(11-9-17)24-20(27)12-13-21-25-22(26-30-21)18-7-5-6-16(2)15-18/h5-11,15H,3-4,12-14H2,1-2H3,(H,24,27). The Balaban J connectivity index is 1.48. The molecule has 1 N–H and O–H groups in total. The second-order valence-electron chi connectivity index (χ2n) is 7.00. The van der Waals surface area contributed by atoms with Crippen molar-refractivity contribution in [2.75, 3.05) is 11.9 Å². The van der Waals surface area contributed by atoms with Gasteiger partial charge in [0.25, 0.3) is 0 Å². The molecule has 0 fully saturated rings. The first kappa shape index (κ1) is 21.2. The number of carbonyl (C=O) groups is 2. The summed E-state index contributed by atoms with van der Waals surface area (Å²) in [5.41, 5.74) is 3.05. The molecule has 0 atom stereocenters. The molecule has 1 amide bonds. The van der Waals surface area contributed by atoms with E-state index in [1.165, 1.54) is 0 Å². The maximum absolute atomic E-state index is 12.2. The first-order chi connectivity index (χ1) is 14.5.